The van der Waals surface area contributed by atoms with Crippen molar-refractivity contribution >= 4 is 52.5 Å². The Bertz CT molecular complexity index is 2630. The number of amides is 2. The van der Waals surface area contributed by atoms with Crippen molar-refractivity contribution in [2.45, 2.75) is 78.8 Å². The number of anilines is 4. The highest BCUT2D eigenvalue weighted by Gasteiger charge is 2.31. The van der Waals surface area contributed by atoms with Gasteiger partial charge < -0.3 is 55.1 Å². The van der Waals surface area contributed by atoms with E-state index in [4.69, 9.17) is 25.7 Å². The zero-order chi connectivity index (χ0) is 60.1. The molecule has 2 amide bonds. The van der Waals surface area contributed by atoms with Crippen LogP contribution in [0.5, 0.6) is 12.0 Å². The van der Waals surface area contributed by atoms with Gasteiger partial charge in [0.1, 0.15) is 18.2 Å². The maximum absolute atomic E-state index is 13.5. The van der Waals surface area contributed by atoms with Crippen LogP contribution in [0.25, 0.3) is 0 Å². The van der Waals surface area contributed by atoms with Crippen molar-refractivity contribution in [2.75, 3.05) is 167 Å². The Hall–Kier alpha value is -7.35. The Balaban J connectivity index is 0.000000297. The van der Waals surface area contributed by atoms with Crippen LogP contribution in [0.1, 0.15) is 76.0 Å². The van der Waals surface area contributed by atoms with Gasteiger partial charge in [-0.05, 0) is 57.8 Å². The molecule has 0 aliphatic carbocycles. The van der Waals surface area contributed by atoms with E-state index >= 15 is 0 Å². The zero-order valence-electron chi connectivity index (χ0n) is 49.6. The first kappa shape index (κ1) is 66.5. The fraction of sp³-hybridized carbons (Fsp3) is 0.586. The summed E-state index contributed by atoms with van der Waals surface area (Å²) in [6.07, 6.45) is 4.85. The van der Waals surface area contributed by atoms with E-state index < -0.39 is 16.6 Å². The van der Waals surface area contributed by atoms with Crippen molar-refractivity contribution in [3.63, 3.8) is 0 Å². The van der Waals surface area contributed by atoms with Gasteiger partial charge in [0, 0.05) is 104 Å². The Labute approximate surface area is 488 Å². The highest BCUT2D eigenvalue weighted by molar-refractivity contribution is 5.91. The van der Waals surface area contributed by atoms with Crippen molar-refractivity contribution in [2.24, 2.45) is 0 Å². The second-order valence-electron chi connectivity index (χ2n) is 20.7. The Morgan fingerprint density at radius 1 is 0.675 bits per heavy atom. The summed E-state index contributed by atoms with van der Waals surface area (Å²) in [6, 6.07) is 20.0. The molecule has 0 radical (unpaired) electrons. The molecule has 2 aromatic heterocycles. The Morgan fingerprint density at radius 3 is 1.66 bits per heavy atom. The van der Waals surface area contributed by atoms with Gasteiger partial charge in [0.25, 0.3) is 0 Å². The van der Waals surface area contributed by atoms with E-state index in [9.17, 15) is 33.7 Å². The molecule has 4 aromatic rings. The van der Waals surface area contributed by atoms with E-state index in [1.54, 1.807) is 11.8 Å². The first-order chi connectivity index (χ1) is 40.1. The summed E-state index contributed by atoms with van der Waals surface area (Å²) in [5, 5.41) is 12.0. The number of nitrogen functional groups attached to an aromatic ring is 2. The molecule has 3 aliphatic rings. The van der Waals surface area contributed by atoms with Crippen LogP contribution in [-0.2, 0) is 43.4 Å². The summed E-state index contributed by atoms with van der Waals surface area (Å²) < 4.78 is 26.0. The number of nitro groups is 1. The van der Waals surface area contributed by atoms with Crippen molar-refractivity contribution in [1.29, 1.82) is 0 Å². The van der Waals surface area contributed by atoms with Gasteiger partial charge in [-0.3, -0.25) is 43.5 Å². The Morgan fingerprint density at radius 2 is 1.17 bits per heavy atom. The van der Waals surface area contributed by atoms with E-state index in [2.05, 4.69) is 72.7 Å². The molecule has 2 aromatic carbocycles. The average molecular weight is 1160 g/mol. The minimum Gasteiger partial charge on any atom is -0.465 e. The molecule has 3 aliphatic heterocycles. The first-order valence-electron chi connectivity index (χ1n) is 28.9. The van der Waals surface area contributed by atoms with Gasteiger partial charge in [0.2, 0.25) is 23.5 Å². The third-order valence-electron chi connectivity index (χ3n) is 14.2. The number of fused-ring (bicyclic) bond motifs is 1. The second-order valence-corrected chi connectivity index (χ2v) is 20.7. The smallest absolute Gasteiger partial charge is 0.353 e. The fourth-order valence-corrected chi connectivity index (χ4v) is 9.52. The van der Waals surface area contributed by atoms with E-state index in [0.717, 1.165) is 89.2 Å². The summed E-state index contributed by atoms with van der Waals surface area (Å²) in [5.74, 6) is 0.115. The number of benzene rings is 2. The lowest BCUT2D eigenvalue weighted by Crippen LogP contribution is -2.49. The summed E-state index contributed by atoms with van der Waals surface area (Å²) in [7, 11) is 4.68. The number of hydrogen-bond donors (Lipinski definition) is 2. The quantitative estimate of drug-likeness (QED) is 0.0325. The molecule has 0 spiro atoms. The van der Waals surface area contributed by atoms with Crippen LogP contribution in [0, 0.1) is 10.1 Å². The number of esters is 1. The van der Waals surface area contributed by atoms with Crippen LogP contribution in [0.4, 0.5) is 33.3 Å². The van der Waals surface area contributed by atoms with Crippen molar-refractivity contribution < 1.29 is 42.7 Å². The molecule has 0 atom stereocenters. The highest BCUT2D eigenvalue weighted by atomic mass is 19.1. The normalized spacial score (nSPS) is 14.7. The third kappa shape index (κ3) is 22.1. The molecular formula is C58H88FN15O9. The van der Waals surface area contributed by atoms with Crippen molar-refractivity contribution in [3.8, 4) is 12.0 Å². The van der Waals surface area contributed by atoms with E-state index in [0.29, 0.717) is 96.2 Å². The van der Waals surface area contributed by atoms with Gasteiger partial charge in [-0.2, -0.15) is 19.9 Å². The molecule has 0 unspecified atom stereocenters. The van der Waals surface area contributed by atoms with Gasteiger partial charge in [0.15, 0.2) is 5.78 Å². The molecule has 5 heterocycles. The van der Waals surface area contributed by atoms with E-state index in [-0.39, 0.29) is 73.9 Å². The van der Waals surface area contributed by atoms with E-state index in [1.807, 2.05) is 65.3 Å². The van der Waals surface area contributed by atoms with Crippen molar-refractivity contribution in [1.82, 2.24) is 49.3 Å². The minimum absolute atomic E-state index is 0.00535. The summed E-state index contributed by atoms with van der Waals surface area (Å²) in [5.41, 5.74) is 14.4. The standard InChI is InChI=1S/C29H44N8O6.C28H41N7O3.CH3F/c1-4-6-19-43-29-31-27(30)26(37(40)41)28(32-29)36(22-25(39)42-5-2)14-10-13-35(20-23-11-8-7-9-12-23)24(38)21-34-17-15-33(3)16-18-34;1-3-4-17-38-28-30-26(29)24-18-23(36)20-35(27(24)31-28)12-8-11-34(19-22-9-6-5-7-10-22)25(37)21-33-15-13-32(2)14-16-33;1-2/h7-9,11-12H,4-6,10,13-22H2,1-3H3,(H2,30,31,32);5-7,9-10H,3-4,8,11-21H2,1-2H3,(H2,29,30,31);1H3. The number of carbonyl (C=O) groups excluding carboxylic acids is 4. The van der Waals surface area contributed by atoms with Gasteiger partial charge in [0.05, 0.1) is 51.6 Å². The van der Waals surface area contributed by atoms with Gasteiger partial charge in [-0.25, -0.2) is 0 Å². The van der Waals surface area contributed by atoms with Crippen LogP contribution in [0.15, 0.2) is 60.7 Å². The number of unbranched alkanes of at least 4 members (excludes halogenated alkanes) is 2. The number of nitrogens with zero attached hydrogens (tertiary/aromatic N) is 13. The number of hydrogen-bond acceptors (Lipinski definition) is 21. The third-order valence-corrected chi connectivity index (χ3v) is 14.2. The molecule has 0 saturated carbocycles. The topological polar surface area (TPSA) is 269 Å². The number of Topliss-reactive ketones (excluding diaryl/α,β-unsaturated/α-hetero) is 1. The second kappa shape index (κ2) is 35.6. The summed E-state index contributed by atoms with van der Waals surface area (Å²) in [4.78, 5) is 96.5. The summed E-state index contributed by atoms with van der Waals surface area (Å²) >= 11 is 0. The molecule has 2 saturated heterocycles. The molecule has 7 rings (SSSR count). The number of aromatic nitrogens is 4. The maximum atomic E-state index is 13.5. The van der Waals surface area contributed by atoms with Crippen LogP contribution in [0.2, 0.25) is 0 Å². The SMILES string of the molecule is CCCCOc1nc(N)c([N+](=O)[O-])c(N(CCCN(Cc2ccccc2)C(=O)CN2CCN(C)CC2)CC(=O)OCC)n1.CCCCOc1nc(N)c2c(n1)N(CCCN(Cc1ccccc1)C(=O)CN1CCN(C)CC1)CC(=O)C2.CF. The summed E-state index contributed by atoms with van der Waals surface area (Å²) in [6.45, 7) is 17.3. The predicted octanol–water partition coefficient (Wildman–Crippen LogP) is 4.60. The van der Waals surface area contributed by atoms with E-state index in [1.165, 1.54) is 4.90 Å². The Kier molecular flexibility index (Phi) is 28.5. The molecule has 0 bridgehead atoms. The zero-order valence-corrected chi connectivity index (χ0v) is 49.6. The molecule has 83 heavy (non-hydrogen) atoms. The predicted molar refractivity (Wildman–Crippen MR) is 318 cm³/mol. The van der Waals surface area contributed by atoms with Crippen LogP contribution in [0.3, 0.4) is 0 Å². The van der Waals surface area contributed by atoms with Gasteiger partial charge in [-0.1, -0.05) is 87.4 Å². The van der Waals surface area contributed by atoms with Gasteiger partial charge in [-0.15, -0.1) is 0 Å². The number of ether oxygens (including phenoxy) is 3. The highest BCUT2D eigenvalue weighted by Crippen LogP contribution is 2.33. The number of piperazine rings is 2. The average Bonchev–Trinajstić information content (AvgIpc) is 3.50. The number of halogens is 1. The maximum Gasteiger partial charge on any atom is 0.353 e. The molecular weight excluding hydrogens is 1070 g/mol. The number of rotatable bonds is 29. The molecule has 456 valence electrons. The number of nitrogens with two attached hydrogens (primary N) is 2. The first-order valence-corrected chi connectivity index (χ1v) is 28.9. The number of carbonyl (C=O) groups is 4. The molecule has 25 heteroatoms. The fourth-order valence-electron chi connectivity index (χ4n) is 9.52. The largest absolute Gasteiger partial charge is 0.465 e. The van der Waals surface area contributed by atoms with Crippen LogP contribution in [-0.4, -0.2) is 224 Å². The molecule has 2 fully saturated rings. The van der Waals surface area contributed by atoms with Crippen LogP contribution >= 0.6 is 0 Å². The lowest BCUT2D eigenvalue weighted by molar-refractivity contribution is -0.383. The lowest BCUT2D eigenvalue weighted by Gasteiger charge is -2.34. The number of ketones is 1. The number of alkyl halides is 1. The lowest BCUT2D eigenvalue weighted by atomic mass is 10.0. The number of likely N-dealkylation sites (N-methyl/N-ethyl adjacent to an activating group) is 2. The van der Waals surface area contributed by atoms with Crippen LogP contribution < -0.4 is 30.7 Å². The molecule has 4 N–H and O–H groups in total. The molecule has 24 nitrogen and oxygen atoms in total. The van der Waals surface area contributed by atoms with Gasteiger partial charge >= 0.3 is 23.7 Å². The minimum atomic E-state index is -0.667. The monoisotopic (exact) mass is 1160 g/mol. The van der Waals surface area contributed by atoms with Crippen molar-refractivity contribution in [3.05, 3.63) is 87.5 Å².